The number of aryl methyl sites for hydroxylation is 1. The van der Waals surface area contributed by atoms with E-state index in [0.717, 1.165) is 6.07 Å². The van der Waals surface area contributed by atoms with Crippen molar-refractivity contribution in [3.63, 3.8) is 0 Å². The number of sulfonamides is 1. The fourth-order valence-electron chi connectivity index (χ4n) is 1.28. The molecule has 7 nitrogen and oxygen atoms in total. The Morgan fingerprint density at radius 3 is 2.71 bits per heavy atom. The Morgan fingerprint density at radius 2 is 2.29 bits per heavy atom. The van der Waals surface area contributed by atoms with Crippen molar-refractivity contribution in [3.8, 4) is 6.07 Å². The zero-order chi connectivity index (χ0) is 13.1. The summed E-state index contributed by atoms with van der Waals surface area (Å²) in [6.07, 6.45) is 1.23. The van der Waals surface area contributed by atoms with Crippen molar-refractivity contribution in [2.75, 3.05) is 6.54 Å². The fourth-order valence-corrected chi connectivity index (χ4v) is 2.24. The quantitative estimate of drug-likeness (QED) is 0.721. The molecule has 2 N–H and O–H groups in total. The highest BCUT2D eigenvalue weighted by molar-refractivity contribution is 7.89. The number of aromatic carboxylic acids is 1. The van der Waals surface area contributed by atoms with Crippen LogP contribution in [0.5, 0.6) is 0 Å². The van der Waals surface area contributed by atoms with Crippen molar-refractivity contribution in [3.05, 3.63) is 18.0 Å². The maximum Gasteiger partial charge on any atom is 0.352 e. The van der Waals surface area contributed by atoms with E-state index in [1.165, 1.54) is 10.8 Å². The lowest BCUT2D eigenvalue weighted by Gasteiger charge is -2.00. The number of carboxylic acid groups (broad SMARTS) is 1. The SMILES string of the molecule is CCn1cc(S(=O)(=O)NCC#N)cc1C(=O)O. The Bertz CT molecular complexity index is 568. The average Bonchev–Trinajstić information content (AvgIpc) is 2.71. The predicted octanol–water partition coefficient (Wildman–Crippen LogP) is 0.00808. The van der Waals surface area contributed by atoms with Crippen LogP contribution in [-0.4, -0.2) is 30.6 Å². The zero-order valence-electron chi connectivity index (χ0n) is 9.04. The molecule has 0 aliphatic carbocycles. The Balaban J connectivity index is 3.17. The number of aromatic nitrogens is 1. The van der Waals surface area contributed by atoms with E-state index in [1.54, 1.807) is 13.0 Å². The Labute approximate surface area is 98.3 Å². The molecule has 0 atom stereocenters. The first-order valence-corrected chi connectivity index (χ1v) is 6.20. The molecule has 92 valence electrons. The average molecular weight is 257 g/mol. The molecule has 1 aromatic heterocycles. The van der Waals surface area contributed by atoms with E-state index in [9.17, 15) is 13.2 Å². The first kappa shape index (κ1) is 13.2. The lowest BCUT2D eigenvalue weighted by atomic mass is 10.4. The van der Waals surface area contributed by atoms with Crippen LogP contribution in [0.15, 0.2) is 17.2 Å². The molecule has 0 saturated carbocycles. The highest BCUT2D eigenvalue weighted by Gasteiger charge is 2.20. The van der Waals surface area contributed by atoms with Crippen LogP contribution in [0, 0.1) is 11.3 Å². The largest absolute Gasteiger partial charge is 0.477 e. The van der Waals surface area contributed by atoms with Gasteiger partial charge in [0.05, 0.1) is 12.6 Å². The van der Waals surface area contributed by atoms with Crippen LogP contribution in [0.25, 0.3) is 0 Å². The molecule has 0 bridgehead atoms. The molecule has 0 aliphatic heterocycles. The van der Waals surface area contributed by atoms with Crippen molar-refractivity contribution in [1.82, 2.24) is 9.29 Å². The molecule has 0 aromatic carbocycles. The highest BCUT2D eigenvalue weighted by atomic mass is 32.2. The molecule has 8 heteroatoms. The van der Waals surface area contributed by atoms with Crippen LogP contribution < -0.4 is 4.72 Å². The summed E-state index contributed by atoms with van der Waals surface area (Å²) in [5.74, 6) is -1.20. The number of hydrogen-bond acceptors (Lipinski definition) is 4. The number of nitriles is 1. The van der Waals surface area contributed by atoms with Gasteiger partial charge in [-0.05, 0) is 13.0 Å². The third kappa shape index (κ3) is 2.83. The van der Waals surface area contributed by atoms with Gasteiger partial charge in [-0.15, -0.1) is 0 Å². The molecule has 1 aromatic rings. The molecular weight excluding hydrogens is 246 g/mol. The number of carboxylic acids is 1. The minimum absolute atomic E-state index is 0.107. The molecule has 0 unspecified atom stereocenters. The minimum atomic E-state index is -3.82. The summed E-state index contributed by atoms with van der Waals surface area (Å²) in [4.78, 5) is 10.7. The van der Waals surface area contributed by atoms with Gasteiger partial charge in [0.2, 0.25) is 10.0 Å². The molecule has 0 spiro atoms. The van der Waals surface area contributed by atoms with Crippen LogP contribution in [0.4, 0.5) is 0 Å². The van der Waals surface area contributed by atoms with Gasteiger partial charge in [0.15, 0.2) is 0 Å². The van der Waals surface area contributed by atoms with Crippen LogP contribution in [0.3, 0.4) is 0 Å². The number of carbonyl (C=O) groups is 1. The van der Waals surface area contributed by atoms with E-state index in [1.807, 2.05) is 4.72 Å². The van der Waals surface area contributed by atoms with Crippen molar-refractivity contribution < 1.29 is 18.3 Å². The third-order valence-electron chi connectivity index (χ3n) is 2.08. The van der Waals surface area contributed by atoms with Crippen molar-refractivity contribution in [1.29, 1.82) is 5.26 Å². The molecule has 0 fully saturated rings. The van der Waals surface area contributed by atoms with Gasteiger partial charge in [0.1, 0.15) is 10.6 Å². The molecule has 0 saturated heterocycles. The number of nitrogens with zero attached hydrogens (tertiary/aromatic N) is 2. The molecule has 17 heavy (non-hydrogen) atoms. The van der Waals surface area contributed by atoms with Crippen molar-refractivity contribution in [2.24, 2.45) is 0 Å². The molecule has 1 heterocycles. The summed E-state index contributed by atoms with van der Waals surface area (Å²) in [5.41, 5.74) is -0.107. The molecule has 1 rings (SSSR count). The van der Waals surface area contributed by atoms with Crippen molar-refractivity contribution in [2.45, 2.75) is 18.4 Å². The van der Waals surface area contributed by atoms with E-state index in [0.29, 0.717) is 6.54 Å². The smallest absolute Gasteiger partial charge is 0.352 e. The predicted molar refractivity (Wildman–Crippen MR) is 57.9 cm³/mol. The van der Waals surface area contributed by atoms with Gasteiger partial charge in [0, 0.05) is 12.7 Å². The maximum atomic E-state index is 11.6. The van der Waals surface area contributed by atoms with Gasteiger partial charge >= 0.3 is 5.97 Å². The Kier molecular flexibility index (Phi) is 3.88. The highest BCUT2D eigenvalue weighted by Crippen LogP contribution is 2.14. The lowest BCUT2D eigenvalue weighted by Crippen LogP contribution is -2.23. The molecular formula is C9H11N3O4S. The van der Waals surface area contributed by atoms with Crippen LogP contribution in [0.1, 0.15) is 17.4 Å². The van der Waals surface area contributed by atoms with Gasteiger partial charge in [-0.25, -0.2) is 13.2 Å². The Hall–Kier alpha value is -1.85. The molecule has 0 radical (unpaired) electrons. The van der Waals surface area contributed by atoms with Crippen LogP contribution >= 0.6 is 0 Å². The third-order valence-corrected chi connectivity index (χ3v) is 3.45. The summed E-state index contributed by atoms with van der Waals surface area (Å²) in [5, 5.41) is 17.2. The lowest BCUT2D eigenvalue weighted by molar-refractivity contribution is 0.0685. The molecule has 0 amide bonds. The zero-order valence-corrected chi connectivity index (χ0v) is 9.86. The minimum Gasteiger partial charge on any atom is -0.477 e. The van der Waals surface area contributed by atoms with E-state index < -0.39 is 16.0 Å². The second-order valence-electron chi connectivity index (χ2n) is 3.13. The summed E-state index contributed by atoms with van der Waals surface area (Å²) >= 11 is 0. The number of hydrogen-bond donors (Lipinski definition) is 2. The van der Waals surface area contributed by atoms with Gasteiger partial charge in [-0.3, -0.25) is 0 Å². The summed E-state index contributed by atoms with van der Waals surface area (Å²) in [6, 6.07) is 2.70. The van der Waals surface area contributed by atoms with Gasteiger partial charge < -0.3 is 9.67 Å². The van der Waals surface area contributed by atoms with Crippen LogP contribution in [-0.2, 0) is 16.6 Å². The fraction of sp³-hybridized carbons (Fsp3) is 0.333. The number of nitrogens with one attached hydrogen (secondary N) is 1. The first-order valence-electron chi connectivity index (χ1n) is 4.72. The van der Waals surface area contributed by atoms with E-state index in [2.05, 4.69) is 0 Å². The topological polar surface area (TPSA) is 112 Å². The van der Waals surface area contributed by atoms with Gasteiger partial charge in [-0.2, -0.15) is 9.98 Å². The monoisotopic (exact) mass is 257 g/mol. The van der Waals surface area contributed by atoms with Gasteiger partial charge in [-0.1, -0.05) is 0 Å². The Morgan fingerprint density at radius 1 is 1.65 bits per heavy atom. The second-order valence-corrected chi connectivity index (χ2v) is 4.90. The van der Waals surface area contributed by atoms with Crippen molar-refractivity contribution >= 4 is 16.0 Å². The summed E-state index contributed by atoms with van der Waals surface area (Å²) in [7, 11) is -3.82. The second kappa shape index (κ2) is 4.99. The molecule has 0 aliphatic rings. The number of rotatable bonds is 5. The van der Waals surface area contributed by atoms with E-state index >= 15 is 0 Å². The van der Waals surface area contributed by atoms with E-state index in [4.69, 9.17) is 10.4 Å². The van der Waals surface area contributed by atoms with Gasteiger partial charge in [0.25, 0.3) is 0 Å². The van der Waals surface area contributed by atoms with Crippen LogP contribution in [0.2, 0.25) is 0 Å². The summed E-state index contributed by atoms with van der Waals surface area (Å²) < 4.78 is 26.6. The standard InChI is InChI=1S/C9H11N3O4S/c1-2-12-6-7(5-8(12)9(13)14)17(15,16)11-4-3-10/h5-6,11H,2,4H2,1H3,(H,13,14). The summed E-state index contributed by atoms with van der Waals surface area (Å²) in [6.45, 7) is 1.68. The normalized spacial score (nSPS) is 11.1. The first-order chi connectivity index (χ1) is 7.92. The maximum absolute atomic E-state index is 11.6. The van der Waals surface area contributed by atoms with E-state index in [-0.39, 0.29) is 17.1 Å².